The summed E-state index contributed by atoms with van der Waals surface area (Å²) in [5.74, 6) is 4.93. The maximum absolute atomic E-state index is 11.3. The van der Waals surface area contributed by atoms with E-state index in [4.69, 9.17) is 0 Å². The highest BCUT2D eigenvalue weighted by atomic mass is 16.3. The Morgan fingerprint density at radius 2 is 0.500 bits per heavy atom. The lowest BCUT2D eigenvalue weighted by atomic mass is 9.56. The van der Waals surface area contributed by atoms with Crippen molar-refractivity contribution < 1.29 is 20.4 Å². The van der Waals surface area contributed by atoms with Crippen LogP contribution in [0.25, 0.3) is 0 Å². The van der Waals surface area contributed by atoms with Crippen molar-refractivity contribution in [2.75, 3.05) is 0 Å². The Bertz CT molecular complexity index is 1900. The van der Waals surface area contributed by atoms with Gasteiger partial charge in [-0.05, 0) is 207 Å². The van der Waals surface area contributed by atoms with Gasteiger partial charge in [0, 0.05) is 10.8 Å². The van der Waals surface area contributed by atoms with Gasteiger partial charge in [-0.15, -0.1) is 0 Å². The first kappa shape index (κ1) is 43.9. The maximum atomic E-state index is 11.3. The van der Waals surface area contributed by atoms with E-state index in [1.807, 2.05) is 24.3 Å². The van der Waals surface area contributed by atoms with Gasteiger partial charge in [0.25, 0.3) is 0 Å². The molecule has 0 unspecified atom stereocenters. The molecule has 4 N–H and O–H groups in total. The minimum atomic E-state index is -0.147. The first-order valence-electron chi connectivity index (χ1n) is 26.6. The lowest BCUT2D eigenvalue weighted by molar-refractivity contribution is 0.140. The third-order valence-electron chi connectivity index (χ3n) is 18.9. The Labute approximate surface area is 385 Å². The van der Waals surface area contributed by atoms with Gasteiger partial charge in [0.2, 0.25) is 0 Å². The highest BCUT2D eigenvalue weighted by Crippen LogP contribution is 2.56. The molecule has 10 rings (SSSR count). The molecule has 64 heavy (non-hydrogen) atoms. The van der Waals surface area contributed by atoms with E-state index in [1.54, 1.807) is 0 Å². The maximum Gasteiger partial charge on any atom is 0.119 e. The molecule has 4 heteroatoms. The largest absolute Gasteiger partial charge is 0.508 e. The van der Waals surface area contributed by atoms with E-state index in [1.165, 1.54) is 176 Å². The summed E-state index contributed by atoms with van der Waals surface area (Å²) >= 11 is 0. The van der Waals surface area contributed by atoms with Gasteiger partial charge in [0.1, 0.15) is 23.0 Å². The van der Waals surface area contributed by atoms with Crippen LogP contribution in [0.5, 0.6) is 23.0 Å². The van der Waals surface area contributed by atoms with E-state index in [0.29, 0.717) is 58.5 Å². The van der Waals surface area contributed by atoms with Crippen LogP contribution in [0, 0.1) is 11.8 Å². The minimum absolute atomic E-state index is 0.147. The molecule has 4 aromatic rings. The van der Waals surface area contributed by atoms with Gasteiger partial charge in [-0.2, -0.15) is 0 Å². The van der Waals surface area contributed by atoms with Crippen molar-refractivity contribution >= 4 is 0 Å². The van der Waals surface area contributed by atoms with Crippen LogP contribution < -0.4 is 0 Å². The Hall–Kier alpha value is -3.92. The summed E-state index contributed by atoms with van der Waals surface area (Å²) in [6.45, 7) is 0. The Balaban J connectivity index is 0.956. The number of phenolic OH excluding ortho intramolecular Hbond substituents is 4. The number of hydrogen-bond acceptors (Lipinski definition) is 4. The van der Waals surface area contributed by atoms with Gasteiger partial charge in [0.05, 0.1) is 0 Å². The lowest BCUT2D eigenvalue weighted by Crippen LogP contribution is -2.39. The molecule has 6 aliphatic rings. The van der Waals surface area contributed by atoms with E-state index in [2.05, 4.69) is 48.5 Å². The predicted octanol–water partition coefficient (Wildman–Crippen LogP) is 16.4. The summed E-state index contributed by atoms with van der Waals surface area (Å²) in [5, 5.41) is 45.4. The molecule has 0 amide bonds. The molecule has 0 spiro atoms. The zero-order valence-electron chi connectivity index (χ0n) is 39.0. The van der Waals surface area contributed by atoms with Gasteiger partial charge in [-0.1, -0.05) is 126 Å². The van der Waals surface area contributed by atoms with Gasteiger partial charge in [-0.25, -0.2) is 0 Å². The van der Waals surface area contributed by atoms with Crippen LogP contribution in [-0.4, -0.2) is 20.4 Å². The molecule has 4 aromatic carbocycles. The molecule has 4 nitrogen and oxygen atoms in total. The molecule has 0 radical (unpaired) electrons. The highest BCUT2D eigenvalue weighted by Gasteiger charge is 2.45. The molecule has 0 aromatic heterocycles. The second kappa shape index (κ2) is 19.1. The average Bonchev–Trinajstić information content (AvgIpc) is 3.36. The molecular weight excluding hydrogens is 785 g/mol. The van der Waals surface area contributed by atoms with Crippen molar-refractivity contribution in [3.8, 4) is 23.0 Å². The van der Waals surface area contributed by atoms with Crippen LogP contribution in [0.2, 0.25) is 0 Å². The van der Waals surface area contributed by atoms with E-state index in [9.17, 15) is 20.4 Å². The predicted molar refractivity (Wildman–Crippen MR) is 261 cm³/mol. The van der Waals surface area contributed by atoms with Crippen molar-refractivity contribution in [2.24, 2.45) is 11.8 Å². The van der Waals surface area contributed by atoms with Gasteiger partial charge in [-0.3, -0.25) is 0 Å². The normalized spacial score (nSPS) is 23.6. The number of aromatic hydroxyl groups is 4. The average molecular weight is 863 g/mol. The number of hydrogen-bond donors (Lipinski definition) is 4. The van der Waals surface area contributed by atoms with Crippen LogP contribution in [0.15, 0.2) is 72.8 Å². The molecule has 6 fully saturated rings. The molecule has 6 aliphatic carbocycles. The Morgan fingerprint density at radius 1 is 0.281 bits per heavy atom. The summed E-state index contributed by atoms with van der Waals surface area (Å²) in [7, 11) is 0. The minimum Gasteiger partial charge on any atom is -0.508 e. The molecular formula is C60H78O4. The molecule has 0 atom stereocenters. The fourth-order valence-electron chi connectivity index (χ4n) is 15.1. The van der Waals surface area contributed by atoms with E-state index in [-0.39, 0.29) is 10.8 Å². The molecule has 6 saturated carbocycles. The second-order valence-corrected chi connectivity index (χ2v) is 22.3. The number of phenols is 4. The molecule has 0 heterocycles. The second-order valence-electron chi connectivity index (χ2n) is 22.3. The monoisotopic (exact) mass is 863 g/mol. The summed E-state index contributed by atoms with van der Waals surface area (Å²) in [4.78, 5) is 0. The van der Waals surface area contributed by atoms with E-state index < -0.39 is 0 Å². The molecule has 342 valence electrons. The lowest BCUT2D eigenvalue weighted by Gasteiger charge is -2.48. The van der Waals surface area contributed by atoms with Crippen molar-refractivity contribution in [3.05, 3.63) is 117 Å². The fourth-order valence-corrected chi connectivity index (χ4v) is 15.1. The van der Waals surface area contributed by atoms with Crippen LogP contribution in [0.4, 0.5) is 0 Å². The summed E-state index contributed by atoms with van der Waals surface area (Å²) in [6, 6.07) is 26.8. The summed E-state index contributed by atoms with van der Waals surface area (Å²) in [5.41, 5.74) is 9.84. The SMILES string of the molecule is Oc1ccc(C2(c3ccc(O)c(C4CCCCC4)c3)CCC(C3CCC(c4ccc(O)c(C5CCCCC5)c4)(c4ccc(O)c(C5CCCCC5)c4)CC3)CC2)cc1C1CCCCC1. The quantitative estimate of drug-likeness (QED) is 0.135. The van der Waals surface area contributed by atoms with Crippen molar-refractivity contribution in [3.63, 3.8) is 0 Å². The van der Waals surface area contributed by atoms with Crippen molar-refractivity contribution in [2.45, 2.75) is 214 Å². The Morgan fingerprint density at radius 3 is 0.719 bits per heavy atom. The van der Waals surface area contributed by atoms with Crippen molar-refractivity contribution in [1.29, 1.82) is 0 Å². The van der Waals surface area contributed by atoms with Crippen molar-refractivity contribution in [1.82, 2.24) is 0 Å². The third-order valence-corrected chi connectivity index (χ3v) is 18.9. The standard InChI is InChI=1S/C60H78O4/c61-55-25-21-47(37-51(55)43-13-5-1-6-14-43)59(48-22-26-56(62)52(38-48)44-15-7-2-8-16-44)33-29-41(30-34-59)42-31-35-60(36-32-42,49-23-27-57(63)53(39-49)45-17-9-3-10-18-45)50-24-28-58(64)54(40-50)46-19-11-4-12-20-46/h21-28,37-46,61-64H,1-20,29-36H2. The van der Waals surface area contributed by atoms with Crippen LogP contribution >= 0.6 is 0 Å². The Kier molecular flexibility index (Phi) is 13.1. The van der Waals surface area contributed by atoms with Gasteiger partial charge in [0.15, 0.2) is 0 Å². The first-order valence-corrected chi connectivity index (χ1v) is 26.6. The van der Waals surface area contributed by atoms with E-state index in [0.717, 1.165) is 47.9 Å². The van der Waals surface area contributed by atoms with Crippen LogP contribution in [0.1, 0.15) is 248 Å². The number of benzene rings is 4. The zero-order chi connectivity index (χ0) is 43.7. The summed E-state index contributed by atoms with van der Waals surface area (Å²) < 4.78 is 0. The molecule has 0 bridgehead atoms. The molecule has 0 aliphatic heterocycles. The fraction of sp³-hybridized carbons (Fsp3) is 0.600. The van der Waals surface area contributed by atoms with Gasteiger partial charge >= 0.3 is 0 Å². The first-order chi connectivity index (χ1) is 31.3. The van der Waals surface area contributed by atoms with Crippen LogP contribution in [0.3, 0.4) is 0 Å². The third kappa shape index (κ3) is 8.63. The topological polar surface area (TPSA) is 80.9 Å². The zero-order valence-corrected chi connectivity index (χ0v) is 39.0. The smallest absolute Gasteiger partial charge is 0.119 e. The number of rotatable bonds is 9. The van der Waals surface area contributed by atoms with Gasteiger partial charge < -0.3 is 20.4 Å². The highest BCUT2D eigenvalue weighted by molar-refractivity contribution is 5.52. The summed E-state index contributed by atoms with van der Waals surface area (Å²) in [6.07, 6.45) is 33.6. The van der Waals surface area contributed by atoms with Crippen LogP contribution in [-0.2, 0) is 10.8 Å². The molecule has 0 saturated heterocycles. The van der Waals surface area contributed by atoms with E-state index >= 15 is 0 Å².